The van der Waals surface area contributed by atoms with E-state index in [0.29, 0.717) is 10.1 Å². The quantitative estimate of drug-likeness (QED) is 0.820. The molecule has 5 heteroatoms. The summed E-state index contributed by atoms with van der Waals surface area (Å²) in [6.07, 6.45) is 0. The zero-order valence-corrected chi connectivity index (χ0v) is 12.8. The van der Waals surface area contributed by atoms with E-state index < -0.39 is 0 Å². The highest BCUT2D eigenvalue weighted by molar-refractivity contribution is 7.80. The SMILES string of the molecule is COc1cccc(NC(=S)Nc2ccc(Cl)cc2C)c1. The van der Waals surface area contributed by atoms with Gasteiger partial charge in [0.15, 0.2) is 5.11 Å². The molecule has 2 rings (SSSR count). The Morgan fingerprint density at radius 1 is 1.15 bits per heavy atom. The molecule has 0 aromatic heterocycles. The van der Waals surface area contributed by atoms with Crippen molar-refractivity contribution < 1.29 is 4.74 Å². The Labute approximate surface area is 128 Å². The lowest BCUT2D eigenvalue weighted by molar-refractivity contribution is 0.415. The summed E-state index contributed by atoms with van der Waals surface area (Å²) in [6.45, 7) is 1.97. The first-order chi connectivity index (χ1) is 9.58. The van der Waals surface area contributed by atoms with Gasteiger partial charge in [0.25, 0.3) is 0 Å². The number of methoxy groups -OCH3 is 1. The molecule has 0 saturated carbocycles. The molecule has 0 aliphatic heterocycles. The third-order valence-corrected chi connectivity index (χ3v) is 3.20. The number of ether oxygens (including phenoxy) is 1. The summed E-state index contributed by atoms with van der Waals surface area (Å²) in [6, 6.07) is 13.2. The second kappa shape index (κ2) is 6.59. The fraction of sp³-hybridized carbons (Fsp3) is 0.133. The average molecular weight is 307 g/mol. The maximum Gasteiger partial charge on any atom is 0.175 e. The van der Waals surface area contributed by atoms with Gasteiger partial charge >= 0.3 is 0 Å². The Bertz CT molecular complexity index is 631. The number of anilines is 2. The number of rotatable bonds is 3. The number of halogens is 1. The van der Waals surface area contributed by atoms with Crippen molar-refractivity contribution in [3.8, 4) is 5.75 Å². The van der Waals surface area contributed by atoms with Gasteiger partial charge in [0, 0.05) is 22.5 Å². The monoisotopic (exact) mass is 306 g/mol. The van der Waals surface area contributed by atoms with Crippen LogP contribution in [0.2, 0.25) is 5.02 Å². The molecule has 0 radical (unpaired) electrons. The van der Waals surface area contributed by atoms with Crippen LogP contribution in [-0.4, -0.2) is 12.2 Å². The van der Waals surface area contributed by atoms with Crippen LogP contribution in [0.5, 0.6) is 5.75 Å². The minimum absolute atomic E-state index is 0.517. The Balaban J connectivity index is 2.05. The van der Waals surface area contributed by atoms with E-state index in [1.165, 1.54) is 0 Å². The fourth-order valence-electron chi connectivity index (χ4n) is 1.75. The summed E-state index contributed by atoms with van der Waals surface area (Å²) in [7, 11) is 1.63. The van der Waals surface area contributed by atoms with Gasteiger partial charge in [-0.05, 0) is 55.0 Å². The Kier molecular flexibility index (Phi) is 4.82. The molecule has 0 amide bonds. The van der Waals surface area contributed by atoms with Crippen LogP contribution in [0.3, 0.4) is 0 Å². The van der Waals surface area contributed by atoms with Gasteiger partial charge in [-0.25, -0.2) is 0 Å². The smallest absolute Gasteiger partial charge is 0.175 e. The minimum Gasteiger partial charge on any atom is -0.497 e. The molecular formula is C15H15ClN2OS. The fourth-order valence-corrected chi connectivity index (χ4v) is 2.21. The van der Waals surface area contributed by atoms with Crippen molar-refractivity contribution in [3.05, 3.63) is 53.1 Å². The second-order valence-corrected chi connectivity index (χ2v) is 5.12. The first kappa shape index (κ1) is 14.6. The highest BCUT2D eigenvalue weighted by Crippen LogP contribution is 2.21. The van der Waals surface area contributed by atoms with E-state index in [4.69, 9.17) is 28.6 Å². The van der Waals surface area contributed by atoms with E-state index in [-0.39, 0.29) is 0 Å². The maximum absolute atomic E-state index is 5.93. The first-order valence-corrected chi connectivity index (χ1v) is 6.85. The van der Waals surface area contributed by atoms with Crippen molar-refractivity contribution in [1.82, 2.24) is 0 Å². The third kappa shape index (κ3) is 3.85. The normalized spacial score (nSPS) is 9.95. The number of hydrogen-bond acceptors (Lipinski definition) is 2. The van der Waals surface area contributed by atoms with Crippen LogP contribution >= 0.6 is 23.8 Å². The van der Waals surface area contributed by atoms with Crippen LogP contribution in [0, 0.1) is 6.92 Å². The van der Waals surface area contributed by atoms with Gasteiger partial charge in [-0.15, -0.1) is 0 Å². The van der Waals surface area contributed by atoms with Gasteiger partial charge in [-0.3, -0.25) is 0 Å². The number of benzene rings is 2. The summed E-state index contributed by atoms with van der Waals surface area (Å²) < 4.78 is 5.17. The standard InChI is InChI=1S/C15H15ClN2OS/c1-10-8-11(16)6-7-14(10)18-15(20)17-12-4-3-5-13(9-12)19-2/h3-9H,1-2H3,(H2,17,18,20). The van der Waals surface area contributed by atoms with Crippen molar-refractivity contribution in [2.24, 2.45) is 0 Å². The minimum atomic E-state index is 0.517. The number of thiocarbonyl (C=S) groups is 1. The summed E-state index contributed by atoms with van der Waals surface area (Å²) in [5.41, 5.74) is 2.83. The summed E-state index contributed by atoms with van der Waals surface area (Å²) in [5.74, 6) is 0.778. The lowest BCUT2D eigenvalue weighted by atomic mass is 10.2. The molecule has 2 N–H and O–H groups in total. The summed E-state index contributed by atoms with van der Waals surface area (Å²) in [5, 5.41) is 7.48. The highest BCUT2D eigenvalue weighted by Gasteiger charge is 2.03. The summed E-state index contributed by atoms with van der Waals surface area (Å²) in [4.78, 5) is 0. The van der Waals surface area contributed by atoms with E-state index in [0.717, 1.165) is 22.7 Å². The molecule has 0 aliphatic carbocycles. The molecule has 0 unspecified atom stereocenters. The molecule has 2 aromatic carbocycles. The number of aryl methyl sites for hydroxylation is 1. The largest absolute Gasteiger partial charge is 0.497 e. The lowest BCUT2D eigenvalue weighted by Gasteiger charge is -2.13. The van der Waals surface area contributed by atoms with Crippen molar-refractivity contribution in [2.75, 3.05) is 17.7 Å². The first-order valence-electron chi connectivity index (χ1n) is 6.06. The van der Waals surface area contributed by atoms with Gasteiger partial charge in [0.1, 0.15) is 5.75 Å². The van der Waals surface area contributed by atoms with Crippen LogP contribution in [0.4, 0.5) is 11.4 Å². The molecule has 20 heavy (non-hydrogen) atoms. The van der Waals surface area contributed by atoms with Gasteiger partial charge in [0.2, 0.25) is 0 Å². The average Bonchev–Trinajstić information content (AvgIpc) is 2.42. The molecule has 0 spiro atoms. The van der Waals surface area contributed by atoms with E-state index in [1.807, 2.05) is 49.4 Å². The predicted molar refractivity (Wildman–Crippen MR) is 89.0 cm³/mol. The Hall–Kier alpha value is -1.78. The van der Waals surface area contributed by atoms with Crippen LogP contribution in [0.1, 0.15) is 5.56 Å². The van der Waals surface area contributed by atoms with Crippen LogP contribution < -0.4 is 15.4 Å². The van der Waals surface area contributed by atoms with Crippen LogP contribution in [-0.2, 0) is 0 Å². The van der Waals surface area contributed by atoms with Crippen LogP contribution in [0.15, 0.2) is 42.5 Å². The summed E-state index contributed by atoms with van der Waals surface area (Å²) >= 11 is 11.2. The van der Waals surface area contributed by atoms with Gasteiger partial charge < -0.3 is 15.4 Å². The zero-order chi connectivity index (χ0) is 14.5. The van der Waals surface area contributed by atoms with Gasteiger partial charge in [-0.1, -0.05) is 17.7 Å². The predicted octanol–water partition coefficient (Wildman–Crippen LogP) is 4.47. The zero-order valence-electron chi connectivity index (χ0n) is 11.2. The molecule has 0 bridgehead atoms. The molecule has 0 aliphatic rings. The van der Waals surface area contributed by atoms with Crippen molar-refractivity contribution >= 4 is 40.3 Å². The topological polar surface area (TPSA) is 33.3 Å². The van der Waals surface area contributed by atoms with E-state index >= 15 is 0 Å². The van der Waals surface area contributed by atoms with Crippen molar-refractivity contribution in [3.63, 3.8) is 0 Å². The third-order valence-electron chi connectivity index (χ3n) is 2.76. The Morgan fingerprint density at radius 3 is 2.65 bits per heavy atom. The molecule has 0 saturated heterocycles. The van der Waals surface area contributed by atoms with Crippen LogP contribution in [0.25, 0.3) is 0 Å². The molecule has 0 atom stereocenters. The number of nitrogens with one attached hydrogen (secondary N) is 2. The van der Waals surface area contributed by atoms with Crippen molar-refractivity contribution in [2.45, 2.75) is 6.92 Å². The molecule has 3 nitrogen and oxygen atoms in total. The molecular weight excluding hydrogens is 292 g/mol. The maximum atomic E-state index is 5.93. The molecule has 104 valence electrons. The van der Waals surface area contributed by atoms with E-state index in [9.17, 15) is 0 Å². The highest BCUT2D eigenvalue weighted by atomic mass is 35.5. The molecule has 0 heterocycles. The molecule has 0 fully saturated rings. The van der Waals surface area contributed by atoms with Crippen molar-refractivity contribution in [1.29, 1.82) is 0 Å². The Morgan fingerprint density at radius 2 is 1.95 bits per heavy atom. The second-order valence-electron chi connectivity index (χ2n) is 4.27. The van der Waals surface area contributed by atoms with Gasteiger partial charge in [0.05, 0.1) is 7.11 Å². The van der Waals surface area contributed by atoms with Gasteiger partial charge in [-0.2, -0.15) is 0 Å². The van der Waals surface area contributed by atoms with E-state index in [1.54, 1.807) is 7.11 Å². The van der Waals surface area contributed by atoms with E-state index in [2.05, 4.69) is 10.6 Å². The molecule has 2 aromatic rings. The number of hydrogen-bond donors (Lipinski definition) is 2. The lowest BCUT2D eigenvalue weighted by Crippen LogP contribution is -2.19.